The van der Waals surface area contributed by atoms with Gasteiger partial charge >= 0.3 is 0 Å². The lowest BCUT2D eigenvalue weighted by atomic mass is 9.93. The van der Waals surface area contributed by atoms with Crippen molar-refractivity contribution < 1.29 is 13.5 Å². The Labute approximate surface area is 81.7 Å². The molecular weight excluding hydrogens is 188 g/mol. The first-order valence-corrected chi connectivity index (χ1v) is 4.21. The van der Waals surface area contributed by atoms with Gasteiger partial charge in [-0.05, 0) is 13.0 Å². The number of nitrogens with two attached hydrogens (primary N) is 1. The van der Waals surface area contributed by atoms with Gasteiger partial charge in [-0.2, -0.15) is 0 Å². The average molecular weight is 201 g/mol. The largest absolute Gasteiger partial charge is 0.382 e. The van der Waals surface area contributed by atoms with Gasteiger partial charge in [0.05, 0.1) is 12.1 Å². The first-order chi connectivity index (χ1) is 6.47. The van der Waals surface area contributed by atoms with Crippen molar-refractivity contribution in [3.63, 3.8) is 0 Å². The van der Waals surface area contributed by atoms with Crippen molar-refractivity contribution in [2.75, 3.05) is 13.7 Å². The molecule has 1 aromatic rings. The molecule has 0 spiro atoms. The maximum atomic E-state index is 13.3. The van der Waals surface area contributed by atoms with Crippen LogP contribution in [0.2, 0.25) is 0 Å². The van der Waals surface area contributed by atoms with Gasteiger partial charge in [0.25, 0.3) is 0 Å². The standard InChI is InChI=1S/C10H13F2NO/c1-10(13,6-14-2)8-4-3-7(11)5-9(8)12/h3-5H,6,13H2,1-2H3. The van der Waals surface area contributed by atoms with Crippen molar-refractivity contribution in [3.8, 4) is 0 Å². The molecule has 2 N–H and O–H groups in total. The summed E-state index contributed by atoms with van der Waals surface area (Å²) in [4.78, 5) is 0. The Morgan fingerprint density at radius 3 is 2.57 bits per heavy atom. The van der Waals surface area contributed by atoms with E-state index < -0.39 is 17.2 Å². The van der Waals surface area contributed by atoms with Crippen molar-refractivity contribution in [2.45, 2.75) is 12.5 Å². The van der Waals surface area contributed by atoms with E-state index >= 15 is 0 Å². The van der Waals surface area contributed by atoms with Crippen LogP contribution in [0.1, 0.15) is 12.5 Å². The average Bonchev–Trinajstić information content (AvgIpc) is 2.02. The van der Waals surface area contributed by atoms with Gasteiger partial charge < -0.3 is 10.5 Å². The summed E-state index contributed by atoms with van der Waals surface area (Å²) < 4.78 is 30.8. The van der Waals surface area contributed by atoms with Crippen LogP contribution in [0.25, 0.3) is 0 Å². The van der Waals surface area contributed by atoms with Crippen molar-refractivity contribution in [1.29, 1.82) is 0 Å². The molecule has 0 fully saturated rings. The SMILES string of the molecule is COCC(C)(N)c1ccc(F)cc1F. The zero-order valence-electron chi connectivity index (χ0n) is 8.18. The van der Waals surface area contributed by atoms with Crippen molar-refractivity contribution in [3.05, 3.63) is 35.4 Å². The third-order valence-corrected chi connectivity index (χ3v) is 1.99. The van der Waals surface area contributed by atoms with E-state index in [1.807, 2.05) is 0 Å². The zero-order chi connectivity index (χ0) is 10.8. The second-order valence-corrected chi connectivity index (χ2v) is 3.47. The summed E-state index contributed by atoms with van der Waals surface area (Å²) in [7, 11) is 1.48. The predicted molar refractivity (Wildman–Crippen MR) is 49.8 cm³/mol. The van der Waals surface area contributed by atoms with E-state index in [0.717, 1.165) is 6.07 Å². The maximum absolute atomic E-state index is 13.3. The quantitative estimate of drug-likeness (QED) is 0.809. The Bertz CT molecular complexity index is 326. The summed E-state index contributed by atoms with van der Waals surface area (Å²) in [5, 5.41) is 0. The smallest absolute Gasteiger partial charge is 0.131 e. The summed E-state index contributed by atoms with van der Waals surface area (Å²) in [6.45, 7) is 1.81. The van der Waals surface area contributed by atoms with E-state index in [4.69, 9.17) is 10.5 Å². The van der Waals surface area contributed by atoms with E-state index in [2.05, 4.69) is 0 Å². The lowest BCUT2D eigenvalue weighted by Crippen LogP contribution is -2.38. The molecule has 0 aliphatic carbocycles. The number of benzene rings is 1. The Morgan fingerprint density at radius 2 is 2.07 bits per heavy atom. The lowest BCUT2D eigenvalue weighted by Gasteiger charge is -2.24. The van der Waals surface area contributed by atoms with Gasteiger partial charge in [0.15, 0.2) is 0 Å². The molecule has 0 aliphatic rings. The molecule has 78 valence electrons. The molecule has 0 aromatic heterocycles. The highest BCUT2D eigenvalue weighted by Gasteiger charge is 2.24. The van der Waals surface area contributed by atoms with Crippen LogP contribution in [-0.2, 0) is 10.3 Å². The van der Waals surface area contributed by atoms with E-state index in [0.29, 0.717) is 0 Å². The summed E-state index contributed by atoms with van der Waals surface area (Å²) in [5.41, 5.74) is 5.12. The second-order valence-electron chi connectivity index (χ2n) is 3.47. The van der Waals surface area contributed by atoms with Crippen LogP contribution in [0.3, 0.4) is 0 Å². The summed E-state index contributed by atoms with van der Waals surface area (Å²) in [6, 6.07) is 3.33. The van der Waals surface area contributed by atoms with E-state index in [-0.39, 0.29) is 12.2 Å². The fourth-order valence-electron chi connectivity index (χ4n) is 1.33. The van der Waals surface area contributed by atoms with Gasteiger partial charge in [-0.25, -0.2) is 8.78 Å². The van der Waals surface area contributed by atoms with E-state index in [9.17, 15) is 8.78 Å². The minimum Gasteiger partial charge on any atom is -0.382 e. The zero-order valence-corrected chi connectivity index (χ0v) is 8.18. The van der Waals surface area contributed by atoms with Gasteiger partial charge in [-0.1, -0.05) is 6.07 Å². The maximum Gasteiger partial charge on any atom is 0.131 e. The Hall–Kier alpha value is -1.00. The van der Waals surface area contributed by atoms with Gasteiger partial charge in [0, 0.05) is 18.7 Å². The first kappa shape index (κ1) is 11.1. The predicted octanol–water partition coefficient (Wildman–Crippen LogP) is 1.79. The monoisotopic (exact) mass is 201 g/mol. The molecule has 0 aliphatic heterocycles. The fraction of sp³-hybridized carbons (Fsp3) is 0.400. The third-order valence-electron chi connectivity index (χ3n) is 1.99. The fourth-order valence-corrected chi connectivity index (χ4v) is 1.33. The highest BCUT2D eigenvalue weighted by Crippen LogP contribution is 2.21. The molecule has 4 heteroatoms. The van der Waals surface area contributed by atoms with Gasteiger partial charge in [0.2, 0.25) is 0 Å². The van der Waals surface area contributed by atoms with E-state index in [1.165, 1.54) is 19.2 Å². The third kappa shape index (κ3) is 2.27. The van der Waals surface area contributed by atoms with Crippen molar-refractivity contribution in [2.24, 2.45) is 5.73 Å². The lowest BCUT2D eigenvalue weighted by molar-refractivity contribution is 0.139. The van der Waals surface area contributed by atoms with Gasteiger partial charge in [-0.3, -0.25) is 0 Å². The summed E-state index contributed by atoms with van der Waals surface area (Å²) in [6.07, 6.45) is 0. The van der Waals surface area contributed by atoms with Crippen LogP contribution in [0.15, 0.2) is 18.2 Å². The molecule has 0 bridgehead atoms. The van der Waals surface area contributed by atoms with Crippen LogP contribution < -0.4 is 5.73 Å². The number of hydrogen-bond acceptors (Lipinski definition) is 2. The molecule has 0 heterocycles. The second kappa shape index (κ2) is 4.02. The highest BCUT2D eigenvalue weighted by molar-refractivity contribution is 5.25. The van der Waals surface area contributed by atoms with Gasteiger partial charge in [-0.15, -0.1) is 0 Å². The van der Waals surface area contributed by atoms with Gasteiger partial charge in [0.1, 0.15) is 11.6 Å². The number of halogens is 2. The molecule has 1 aromatic carbocycles. The Kier molecular flexibility index (Phi) is 3.18. The first-order valence-electron chi connectivity index (χ1n) is 4.21. The van der Waals surface area contributed by atoms with Crippen LogP contribution in [0.5, 0.6) is 0 Å². The molecule has 0 amide bonds. The molecule has 1 rings (SSSR count). The van der Waals surface area contributed by atoms with Crippen LogP contribution in [0, 0.1) is 11.6 Å². The number of methoxy groups -OCH3 is 1. The summed E-state index contributed by atoms with van der Waals surface area (Å²) in [5.74, 6) is -1.26. The number of hydrogen-bond donors (Lipinski definition) is 1. The molecule has 1 atom stereocenters. The highest BCUT2D eigenvalue weighted by atomic mass is 19.1. The van der Waals surface area contributed by atoms with E-state index in [1.54, 1.807) is 6.92 Å². The molecule has 14 heavy (non-hydrogen) atoms. The molecular formula is C10H13F2NO. The molecule has 0 radical (unpaired) electrons. The normalized spacial score (nSPS) is 15.2. The van der Waals surface area contributed by atoms with Crippen molar-refractivity contribution in [1.82, 2.24) is 0 Å². The number of ether oxygens (including phenoxy) is 1. The van der Waals surface area contributed by atoms with Crippen LogP contribution in [0.4, 0.5) is 8.78 Å². The Morgan fingerprint density at radius 1 is 1.43 bits per heavy atom. The van der Waals surface area contributed by atoms with Crippen LogP contribution in [-0.4, -0.2) is 13.7 Å². The topological polar surface area (TPSA) is 35.2 Å². The molecule has 0 saturated heterocycles. The summed E-state index contributed by atoms with van der Waals surface area (Å²) >= 11 is 0. The Balaban J connectivity index is 3.06. The molecule has 2 nitrogen and oxygen atoms in total. The molecule has 1 unspecified atom stereocenters. The van der Waals surface area contributed by atoms with Crippen molar-refractivity contribution >= 4 is 0 Å². The minimum absolute atomic E-state index is 0.176. The van der Waals surface area contributed by atoms with Crippen LogP contribution >= 0.6 is 0 Å². The minimum atomic E-state index is -0.938. The molecule has 0 saturated carbocycles. The number of rotatable bonds is 3.